The molecule has 0 aliphatic carbocycles. The van der Waals surface area contributed by atoms with Gasteiger partial charge in [0.25, 0.3) is 0 Å². The zero-order valence-corrected chi connectivity index (χ0v) is 18.7. The van der Waals surface area contributed by atoms with Crippen LogP contribution in [0.1, 0.15) is 0 Å². The van der Waals surface area contributed by atoms with Crippen LogP contribution in [0.5, 0.6) is 0 Å². The summed E-state index contributed by atoms with van der Waals surface area (Å²) in [6.45, 7) is 0. The number of hydrogen-bond acceptors (Lipinski definition) is 4. The third-order valence-corrected chi connectivity index (χ3v) is 6.27. The van der Waals surface area contributed by atoms with Gasteiger partial charge in [-0.05, 0) is 36.4 Å². The fourth-order valence-corrected chi connectivity index (χ4v) is 4.44. The maximum atomic E-state index is 5.05. The van der Waals surface area contributed by atoms with Crippen LogP contribution in [-0.2, 0) is 0 Å². The second kappa shape index (κ2) is 7.85. The van der Waals surface area contributed by atoms with Gasteiger partial charge in [-0.2, -0.15) is 4.80 Å². The Morgan fingerprint density at radius 1 is 0.429 bits per heavy atom. The number of hydrogen-bond donors (Lipinski definition) is 0. The van der Waals surface area contributed by atoms with E-state index < -0.39 is 0 Å². The minimum Gasteiger partial charge on any atom is -0.245 e. The number of benzene rings is 4. The molecule has 3 heterocycles. The molecule has 0 amide bonds. The molecule has 0 aliphatic heterocycles. The van der Waals surface area contributed by atoms with Crippen molar-refractivity contribution >= 4 is 32.8 Å². The van der Waals surface area contributed by atoms with E-state index in [1.165, 1.54) is 0 Å². The minimum atomic E-state index is 0.877. The molecule has 164 valence electrons. The van der Waals surface area contributed by atoms with Crippen LogP contribution in [0.4, 0.5) is 0 Å². The smallest absolute Gasteiger partial charge is 0.113 e. The van der Waals surface area contributed by atoms with Crippen LogP contribution in [0.15, 0.2) is 115 Å². The minimum absolute atomic E-state index is 0.877. The Bertz CT molecular complexity index is 1800. The summed E-state index contributed by atoms with van der Waals surface area (Å²) in [7, 11) is 0. The largest absolute Gasteiger partial charge is 0.245 e. The number of rotatable bonds is 3. The van der Waals surface area contributed by atoms with Gasteiger partial charge in [-0.15, -0.1) is 10.2 Å². The second-order valence-corrected chi connectivity index (χ2v) is 8.49. The zero-order valence-electron chi connectivity index (χ0n) is 18.7. The van der Waals surface area contributed by atoms with Gasteiger partial charge >= 0.3 is 0 Å². The van der Waals surface area contributed by atoms with Crippen molar-refractivity contribution in [2.75, 3.05) is 0 Å². The molecule has 0 spiro atoms. The van der Waals surface area contributed by atoms with E-state index >= 15 is 0 Å². The van der Waals surface area contributed by atoms with Gasteiger partial charge in [0.05, 0.1) is 28.1 Å². The van der Waals surface area contributed by atoms with E-state index in [1.807, 2.05) is 54.6 Å². The Labute approximate surface area is 201 Å². The van der Waals surface area contributed by atoms with Crippen molar-refractivity contribution in [3.05, 3.63) is 115 Å². The molecular weight excluding hydrogens is 430 g/mol. The Hall–Kier alpha value is -4.90. The van der Waals surface area contributed by atoms with Crippen LogP contribution in [0.25, 0.3) is 61.0 Å². The molecule has 0 saturated carbocycles. The Balaban J connectivity index is 1.31. The summed E-state index contributed by atoms with van der Waals surface area (Å²) >= 11 is 0. The predicted octanol–water partition coefficient (Wildman–Crippen LogP) is 6.85. The SMILES string of the molecule is c1ccc(-c2ccc3ccc4ccc(-c5ccc(-n6nc7ccccc7n6)cc5)nc4c3n2)cc1. The topological polar surface area (TPSA) is 56.5 Å². The van der Waals surface area contributed by atoms with Crippen LogP contribution in [0.3, 0.4) is 0 Å². The number of fused-ring (bicyclic) bond motifs is 4. The first-order valence-corrected chi connectivity index (χ1v) is 11.5. The third kappa shape index (κ3) is 3.42. The molecular formula is C30H19N5. The molecule has 5 heteroatoms. The molecule has 0 atom stereocenters. The van der Waals surface area contributed by atoms with Gasteiger partial charge in [0.15, 0.2) is 0 Å². The summed E-state index contributed by atoms with van der Waals surface area (Å²) in [4.78, 5) is 11.7. The van der Waals surface area contributed by atoms with Gasteiger partial charge in [0.1, 0.15) is 11.0 Å². The highest BCUT2D eigenvalue weighted by Gasteiger charge is 2.10. The Morgan fingerprint density at radius 2 is 0.914 bits per heavy atom. The van der Waals surface area contributed by atoms with Crippen LogP contribution in [-0.4, -0.2) is 25.0 Å². The van der Waals surface area contributed by atoms with E-state index in [1.54, 1.807) is 4.80 Å². The van der Waals surface area contributed by atoms with Gasteiger partial charge in [-0.3, -0.25) is 0 Å². The standard InChI is InChI=1S/C30H19N5/c1-2-6-20(7-3-1)25-18-14-22-10-11-23-15-19-26(32-30(23)29(22)31-25)21-12-16-24(17-13-21)35-33-27-8-4-5-9-28(27)34-35/h1-19H. The summed E-state index contributed by atoms with van der Waals surface area (Å²) in [6, 6.07) is 38.9. The summed E-state index contributed by atoms with van der Waals surface area (Å²) in [5, 5.41) is 11.3. The number of aromatic nitrogens is 5. The van der Waals surface area contributed by atoms with Crippen molar-refractivity contribution in [3.8, 4) is 28.2 Å². The van der Waals surface area contributed by atoms with Crippen molar-refractivity contribution in [2.45, 2.75) is 0 Å². The maximum Gasteiger partial charge on any atom is 0.113 e. The lowest BCUT2D eigenvalue weighted by molar-refractivity contribution is 0.766. The normalized spacial score (nSPS) is 11.4. The zero-order chi connectivity index (χ0) is 23.2. The molecule has 4 aromatic carbocycles. The molecule has 35 heavy (non-hydrogen) atoms. The summed E-state index contributed by atoms with van der Waals surface area (Å²) in [6.07, 6.45) is 0. The molecule has 7 aromatic rings. The van der Waals surface area contributed by atoms with Crippen LogP contribution < -0.4 is 0 Å². The van der Waals surface area contributed by atoms with Gasteiger partial charge in [-0.25, -0.2) is 9.97 Å². The highest BCUT2D eigenvalue weighted by molar-refractivity contribution is 6.04. The predicted molar refractivity (Wildman–Crippen MR) is 140 cm³/mol. The number of nitrogens with zero attached hydrogens (tertiary/aromatic N) is 5. The average molecular weight is 450 g/mol. The third-order valence-electron chi connectivity index (χ3n) is 6.27. The highest BCUT2D eigenvalue weighted by atomic mass is 15.5. The molecule has 0 unspecified atom stereocenters. The van der Waals surface area contributed by atoms with Crippen molar-refractivity contribution in [2.24, 2.45) is 0 Å². The maximum absolute atomic E-state index is 5.05. The first-order valence-electron chi connectivity index (χ1n) is 11.5. The quantitative estimate of drug-likeness (QED) is 0.277. The Morgan fingerprint density at radius 3 is 1.49 bits per heavy atom. The summed E-state index contributed by atoms with van der Waals surface area (Å²) in [5.74, 6) is 0. The van der Waals surface area contributed by atoms with E-state index in [0.717, 1.165) is 61.0 Å². The van der Waals surface area contributed by atoms with E-state index in [2.05, 4.69) is 70.9 Å². The molecule has 0 N–H and O–H groups in total. The first kappa shape index (κ1) is 19.6. The highest BCUT2D eigenvalue weighted by Crippen LogP contribution is 2.29. The van der Waals surface area contributed by atoms with E-state index in [4.69, 9.17) is 9.97 Å². The molecule has 0 aliphatic rings. The average Bonchev–Trinajstić information content (AvgIpc) is 3.37. The molecule has 5 nitrogen and oxygen atoms in total. The van der Waals surface area contributed by atoms with Crippen LogP contribution in [0, 0.1) is 0 Å². The second-order valence-electron chi connectivity index (χ2n) is 8.49. The van der Waals surface area contributed by atoms with Gasteiger partial charge in [0, 0.05) is 21.9 Å². The lowest BCUT2D eigenvalue weighted by Gasteiger charge is -2.08. The molecule has 0 saturated heterocycles. The molecule has 0 fully saturated rings. The van der Waals surface area contributed by atoms with E-state index in [-0.39, 0.29) is 0 Å². The molecule has 0 radical (unpaired) electrons. The van der Waals surface area contributed by atoms with Crippen molar-refractivity contribution < 1.29 is 0 Å². The monoisotopic (exact) mass is 449 g/mol. The van der Waals surface area contributed by atoms with Crippen molar-refractivity contribution in [3.63, 3.8) is 0 Å². The summed E-state index contributed by atoms with van der Waals surface area (Å²) in [5.41, 5.74) is 8.45. The summed E-state index contributed by atoms with van der Waals surface area (Å²) < 4.78 is 0. The van der Waals surface area contributed by atoms with Crippen molar-refractivity contribution in [1.29, 1.82) is 0 Å². The fraction of sp³-hybridized carbons (Fsp3) is 0. The lowest BCUT2D eigenvalue weighted by Crippen LogP contribution is -1.98. The fourth-order valence-electron chi connectivity index (χ4n) is 4.44. The number of pyridine rings is 2. The van der Waals surface area contributed by atoms with Crippen LogP contribution in [0.2, 0.25) is 0 Å². The molecule has 7 rings (SSSR count). The van der Waals surface area contributed by atoms with E-state index in [0.29, 0.717) is 0 Å². The first-order chi connectivity index (χ1) is 17.3. The van der Waals surface area contributed by atoms with Crippen molar-refractivity contribution in [1.82, 2.24) is 25.0 Å². The molecule has 3 aromatic heterocycles. The van der Waals surface area contributed by atoms with Gasteiger partial charge in [-0.1, -0.05) is 78.9 Å². The Kier molecular flexibility index (Phi) is 4.39. The molecule has 0 bridgehead atoms. The van der Waals surface area contributed by atoms with Gasteiger partial charge in [0.2, 0.25) is 0 Å². The van der Waals surface area contributed by atoms with Gasteiger partial charge < -0.3 is 0 Å². The lowest BCUT2D eigenvalue weighted by atomic mass is 10.1. The van der Waals surface area contributed by atoms with Crippen LogP contribution >= 0.6 is 0 Å². The van der Waals surface area contributed by atoms with E-state index in [9.17, 15) is 0 Å².